The van der Waals surface area contributed by atoms with Gasteiger partial charge >= 0.3 is 0 Å². The number of nitrogens with zero attached hydrogens (tertiary/aromatic N) is 2. The maximum Gasteiger partial charge on any atom is 0.0517 e. The quantitative estimate of drug-likeness (QED) is 0.935. The third-order valence-electron chi connectivity index (χ3n) is 4.93. The number of aromatic nitrogens is 1. The molecule has 1 aromatic heterocycles. The molecule has 120 valence electrons. The van der Waals surface area contributed by atoms with Crippen molar-refractivity contribution in [3.63, 3.8) is 0 Å². The average Bonchev–Trinajstić information content (AvgIpc) is 2.91. The Morgan fingerprint density at radius 3 is 2.45 bits per heavy atom. The van der Waals surface area contributed by atoms with Gasteiger partial charge in [-0.15, -0.1) is 0 Å². The highest BCUT2D eigenvalue weighted by Crippen LogP contribution is 2.30. The van der Waals surface area contributed by atoms with Gasteiger partial charge in [0.05, 0.1) is 5.52 Å². The zero-order valence-corrected chi connectivity index (χ0v) is 14.4. The maximum absolute atomic E-state index is 3.43. The predicted octanol–water partition coefficient (Wildman–Crippen LogP) is 3.29. The molecule has 1 aliphatic heterocycles. The highest BCUT2D eigenvalue weighted by atomic mass is 15.2. The molecular weight excluding hydrogens is 270 g/mol. The molecule has 1 aliphatic rings. The molecule has 3 nitrogen and oxygen atoms in total. The zero-order valence-electron chi connectivity index (χ0n) is 14.4. The molecular formula is C19H29N3. The third-order valence-corrected chi connectivity index (χ3v) is 4.93. The fourth-order valence-electron chi connectivity index (χ4n) is 3.64. The smallest absolute Gasteiger partial charge is 0.0517 e. The van der Waals surface area contributed by atoms with E-state index in [4.69, 9.17) is 0 Å². The largest absolute Gasteiger partial charge is 0.344 e. The topological polar surface area (TPSA) is 20.2 Å². The molecule has 1 N–H and O–H groups in total. The number of piperazine rings is 1. The summed E-state index contributed by atoms with van der Waals surface area (Å²) in [6, 6.07) is 5.05. The van der Waals surface area contributed by atoms with Crippen molar-refractivity contribution in [2.45, 2.75) is 40.2 Å². The van der Waals surface area contributed by atoms with Gasteiger partial charge in [0.15, 0.2) is 0 Å². The Morgan fingerprint density at radius 1 is 1.09 bits per heavy atom. The van der Waals surface area contributed by atoms with Gasteiger partial charge in [0.2, 0.25) is 0 Å². The summed E-state index contributed by atoms with van der Waals surface area (Å²) in [5, 5.41) is 4.92. The molecule has 1 aromatic carbocycles. The summed E-state index contributed by atoms with van der Waals surface area (Å²) in [6.07, 6.45) is 3.55. The summed E-state index contributed by atoms with van der Waals surface area (Å²) in [4.78, 5) is 2.58. The molecule has 2 heterocycles. The first-order chi connectivity index (χ1) is 10.6. The lowest BCUT2D eigenvalue weighted by Crippen LogP contribution is -2.44. The van der Waals surface area contributed by atoms with Crippen LogP contribution in [0.15, 0.2) is 18.3 Å². The molecule has 0 saturated carbocycles. The van der Waals surface area contributed by atoms with Crippen molar-refractivity contribution in [2.24, 2.45) is 0 Å². The van der Waals surface area contributed by atoms with Crippen LogP contribution in [0.1, 0.15) is 36.6 Å². The second-order valence-corrected chi connectivity index (χ2v) is 6.92. The first kappa shape index (κ1) is 15.6. The van der Waals surface area contributed by atoms with Crippen molar-refractivity contribution in [1.29, 1.82) is 0 Å². The molecule has 0 aliphatic carbocycles. The molecule has 0 atom stereocenters. The minimum atomic E-state index is 0.510. The SMILES string of the molecule is Cc1ccc(C)c2c1c(CCN1CCNCC1)cn2C(C)C. The molecule has 0 spiro atoms. The van der Waals surface area contributed by atoms with Gasteiger partial charge in [0.1, 0.15) is 0 Å². The fraction of sp³-hybridized carbons (Fsp3) is 0.579. The summed E-state index contributed by atoms with van der Waals surface area (Å²) < 4.78 is 2.46. The van der Waals surface area contributed by atoms with Gasteiger partial charge in [-0.25, -0.2) is 0 Å². The number of rotatable bonds is 4. The molecule has 1 saturated heterocycles. The Balaban J connectivity index is 1.93. The van der Waals surface area contributed by atoms with Crippen molar-refractivity contribution in [3.8, 4) is 0 Å². The van der Waals surface area contributed by atoms with Gasteiger partial charge in [0, 0.05) is 50.3 Å². The van der Waals surface area contributed by atoms with Crippen LogP contribution in [0.4, 0.5) is 0 Å². The van der Waals surface area contributed by atoms with Crippen molar-refractivity contribution in [2.75, 3.05) is 32.7 Å². The zero-order chi connectivity index (χ0) is 15.7. The van der Waals surface area contributed by atoms with E-state index >= 15 is 0 Å². The Hall–Kier alpha value is -1.32. The first-order valence-electron chi connectivity index (χ1n) is 8.60. The van der Waals surface area contributed by atoms with Crippen molar-refractivity contribution in [3.05, 3.63) is 35.0 Å². The van der Waals surface area contributed by atoms with Crippen LogP contribution >= 0.6 is 0 Å². The second-order valence-electron chi connectivity index (χ2n) is 6.92. The normalized spacial score (nSPS) is 16.8. The molecule has 22 heavy (non-hydrogen) atoms. The summed E-state index contributed by atoms with van der Waals surface area (Å²) in [6.45, 7) is 14.8. The Labute approximate surface area is 134 Å². The van der Waals surface area contributed by atoms with E-state index in [0.29, 0.717) is 6.04 Å². The molecule has 0 unspecified atom stereocenters. The van der Waals surface area contributed by atoms with Crippen LogP contribution in [0.2, 0.25) is 0 Å². The van der Waals surface area contributed by atoms with E-state index in [1.54, 1.807) is 0 Å². The van der Waals surface area contributed by atoms with Gasteiger partial charge in [0.25, 0.3) is 0 Å². The Morgan fingerprint density at radius 2 is 1.77 bits per heavy atom. The monoisotopic (exact) mass is 299 g/mol. The van der Waals surface area contributed by atoms with Crippen molar-refractivity contribution in [1.82, 2.24) is 14.8 Å². The highest BCUT2D eigenvalue weighted by Gasteiger charge is 2.16. The first-order valence-corrected chi connectivity index (χ1v) is 8.60. The van der Waals surface area contributed by atoms with Crippen LogP contribution in [0.25, 0.3) is 10.9 Å². The lowest BCUT2D eigenvalue weighted by Gasteiger charge is -2.27. The van der Waals surface area contributed by atoms with Gasteiger partial charge in [-0.3, -0.25) is 0 Å². The third kappa shape index (κ3) is 2.92. The van der Waals surface area contributed by atoms with Crippen LogP contribution in [0, 0.1) is 13.8 Å². The van der Waals surface area contributed by atoms with Crippen molar-refractivity contribution >= 4 is 10.9 Å². The maximum atomic E-state index is 3.43. The molecule has 0 bridgehead atoms. The van der Waals surface area contributed by atoms with E-state index in [9.17, 15) is 0 Å². The number of fused-ring (bicyclic) bond motifs is 1. The van der Waals surface area contributed by atoms with Crippen LogP contribution < -0.4 is 5.32 Å². The standard InChI is InChI=1S/C19H29N3/c1-14(2)22-13-17(7-10-21-11-8-20-9-12-21)18-15(3)5-6-16(4)19(18)22/h5-6,13-14,20H,7-12H2,1-4H3. The summed E-state index contributed by atoms with van der Waals surface area (Å²) in [7, 11) is 0. The number of nitrogens with one attached hydrogen (secondary N) is 1. The van der Waals surface area contributed by atoms with E-state index in [0.717, 1.165) is 19.5 Å². The number of hydrogen-bond acceptors (Lipinski definition) is 2. The van der Waals surface area contributed by atoms with Gasteiger partial charge in [-0.2, -0.15) is 0 Å². The van der Waals surface area contributed by atoms with E-state index in [1.165, 1.54) is 47.2 Å². The molecule has 1 fully saturated rings. The molecule has 0 amide bonds. The van der Waals surface area contributed by atoms with E-state index < -0.39 is 0 Å². The highest BCUT2D eigenvalue weighted by molar-refractivity contribution is 5.89. The summed E-state index contributed by atoms with van der Waals surface area (Å²) >= 11 is 0. The van der Waals surface area contributed by atoms with Crippen LogP contribution in [0.5, 0.6) is 0 Å². The minimum Gasteiger partial charge on any atom is -0.344 e. The predicted molar refractivity (Wildman–Crippen MR) is 94.8 cm³/mol. The summed E-state index contributed by atoms with van der Waals surface area (Å²) in [5.74, 6) is 0. The molecule has 3 heteroatoms. The molecule has 2 aromatic rings. The van der Waals surface area contributed by atoms with E-state index in [-0.39, 0.29) is 0 Å². The van der Waals surface area contributed by atoms with Gasteiger partial charge < -0.3 is 14.8 Å². The van der Waals surface area contributed by atoms with Crippen LogP contribution in [0.3, 0.4) is 0 Å². The second kappa shape index (κ2) is 6.43. The van der Waals surface area contributed by atoms with E-state index in [2.05, 4.69) is 60.8 Å². The number of hydrogen-bond donors (Lipinski definition) is 1. The molecule has 3 rings (SSSR count). The van der Waals surface area contributed by atoms with E-state index in [1.807, 2.05) is 0 Å². The van der Waals surface area contributed by atoms with Crippen LogP contribution in [-0.2, 0) is 6.42 Å². The Bertz CT molecular complexity index is 648. The lowest BCUT2D eigenvalue weighted by molar-refractivity contribution is 0.244. The van der Waals surface area contributed by atoms with Gasteiger partial charge in [-0.05, 0) is 50.8 Å². The minimum absolute atomic E-state index is 0.510. The average molecular weight is 299 g/mol. The Kier molecular flexibility index (Phi) is 4.55. The van der Waals surface area contributed by atoms with Gasteiger partial charge in [-0.1, -0.05) is 12.1 Å². The van der Waals surface area contributed by atoms with Crippen LogP contribution in [-0.4, -0.2) is 42.2 Å². The fourth-order valence-corrected chi connectivity index (χ4v) is 3.64. The number of aryl methyl sites for hydroxylation is 2. The van der Waals surface area contributed by atoms with Crippen molar-refractivity contribution < 1.29 is 0 Å². The summed E-state index contributed by atoms with van der Waals surface area (Å²) in [5.41, 5.74) is 5.76. The molecule has 0 radical (unpaired) electrons. The number of benzene rings is 1. The lowest BCUT2D eigenvalue weighted by atomic mass is 10.0.